The quantitative estimate of drug-likeness (QED) is 0.282. The van der Waals surface area contributed by atoms with Gasteiger partial charge >= 0.3 is 5.97 Å². The van der Waals surface area contributed by atoms with E-state index in [2.05, 4.69) is 41.7 Å². The fraction of sp³-hybridized carbons (Fsp3) is 0.167. The molecule has 0 heterocycles. The number of hydrogen-bond acceptors (Lipinski definition) is 4. The highest BCUT2D eigenvalue weighted by molar-refractivity contribution is 9.10. The first kappa shape index (κ1) is 20.8. The van der Waals surface area contributed by atoms with Gasteiger partial charge in [0.25, 0.3) is 0 Å². The van der Waals surface area contributed by atoms with E-state index in [-0.39, 0.29) is 11.2 Å². The number of esters is 1. The molecule has 1 N–H and O–H groups in total. The first-order valence-electron chi connectivity index (χ1n) is 9.18. The van der Waals surface area contributed by atoms with Crippen LogP contribution in [0.4, 0.5) is 5.69 Å². The molecule has 0 unspecified atom stereocenters. The molecular weight excluding hydrogens is 430 g/mol. The fourth-order valence-electron chi connectivity index (χ4n) is 2.64. The van der Waals surface area contributed by atoms with Crippen LogP contribution < -0.4 is 4.74 Å². The number of ether oxygens (including phenoxy) is 1. The molecule has 5 heteroatoms. The Bertz CT molecular complexity index is 1050. The molecule has 0 spiro atoms. The number of halogens is 1. The maximum Gasteiger partial charge on any atom is 0.343 e. The van der Waals surface area contributed by atoms with Gasteiger partial charge in [0.15, 0.2) is 0 Å². The van der Waals surface area contributed by atoms with Crippen LogP contribution in [0.5, 0.6) is 11.5 Å². The highest BCUT2D eigenvalue weighted by Crippen LogP contribution is 2.32. The Kier molecular flexibility index (Phi) is 6.18. The van der Waals surface area contributed by atoms with Crippen molar-refractivity contribution in [2.75, 3.05) is 0 Å². The summed E-state index contributed by atoms with van der Waals surface area (Å²) in [6.07, 6.45) is 1.67. The SMILES string of the molecule is CC(C)(C)c1ccc(O)c(N=Cc2ccc(OC(=O)c3cccc(Br)c3)cc2)c1. The molecule has 3 rings (SSSR count). The standard InChI is InChI=1S/C24H22BrNO3/c1-24(2,3)18-9-12-22(27)21(14-18)26-15-16-7-10-20(11-8-16)29-23(28)17-5-4-6-19(25)13-17/h4-15,27H,1-3H3. The second-order valence-corrected chi connectivity index (χ2v) is 8.60. The highest BCUT2D eigenvalue weighted by atomic mass is 79.9. The first-order chi connectivity index (χ1) is 13.7. The molecular formula is C24H22BrNO3. The lowest BCUT2D eigenvalue weighted by atomic mass is 9.87. The minimum absolute atomic E-state index is 0.0299. The van der Waals surface area contributed by atoms with Crippen molar-refractivity contribution in [1.29, 1.82) is 0 Å². The minimum Gasteiger partial charge on any atom is -0.506 e. The Morgan fingerprint density at radius 3 is 2.41 bits per heavy atom. The lowest BCUT2D eigenvalue weighted by molar-refractivity contribution is 0.0734. The third kappa shape index (κ3) is 5.55. The second kappa shape index (κ2) is 8.62. The van der Waals surface area contributed by atoms with Gasteiger partial charge in [-0.1, -0.05) is 48.8 Å². The first-order valence-corrected chi connectivity index (χ1v) is 9.97. The van der Waals surface area contributed by atoms with Crippen LogP contribution in [0, 0.1) is 0 Å². The van der Waals surface area contributed by atoms with Gasteiger partial charge in [0.1, 0.15) is 17.2 Å². The molecule has 0 aliphatic carbocycles. The zero-order valence-electron chi connectivity index (χ0n) is 16.5. The lowest BCUT2D eigenvalue weighted by Gasteiger charge is -2.19. The van der Waals surface area contributed by atoms with Crippen molar-refractivity contribution in [3.05, 3.63) is 87.9 Å². The smallest absolute Gasteiger partial charge is 0.343 e. The van der Waals surface area contributed by atoms with Crippen molar-refractivity contribution in [2.24, 2.45) is 4.99 Å². The number of carbonyl (C=O) groups excluding carboxylic acids is 1. The average molecular weight is 452 g/mol. The van der Waals surface area contributed by atoms with Crippen molar-refractivity contribution in [3.8, 4) is 11.5 Å². The molecule has 148 valence electrons. The van der Waals surface area contributed by atoms with Crippen molar-refractivity contribution >= 4 is 33.8 Å². The molecule has 29 heavy (non-hydrogen) atoms. The van der Waals surface area contributed by atoms with Gasteiger partial charge in [-0.2, -0.15) is 0 Å². The topological polar surface area (TPSA) is 58.9 Å². The van der Waals surface area contributed by atoms with Gasteiger partial charge < -0.3 is 9.84 Å². The minimum atomic E-state index is -0.420. The molecule has 0 saturated heterocycles. The van der Waals surface area contributed by atoms with Gasteiger partial charge in [0, 0.05) is 10.7 Å². The third-order valence-electron chi connectivity index (χ3n) is 4.35. The van der Waals surface area contributed by atoms with E-state index in [9.17, 15) is 9.90 Å². The summed E-state index contributed by atoms with van der Waals surface area (Å²) >= 11 is 3.34. The van der Waals surface area contributed by atoms with Crippen LogP contribution in [0.3, 0.4) is 0 Å². The van der Waals surface area contributed by atoms with E-state index >= 15 is 0 Å². The Morgan fingerprint density at radius 1 is 1.03 bits per heavy atom. The third-order valence-corrected chi connectivity index (χ3v) is 4.84. The number of rotatable bonds is 4. The zero-order valence-corrected chi connectivity index (χ0v) is 18.1. The number of aromatic hydroxyl groups is 1. The molecule has 0 amide bonds. The van der Waals surface area contributed by atoms with Crippen LogP contribution >= 0.6 is 15.9 Å². The summed E-state index contributed by atoms with van der Waals surface area (Å²) < 4.78 is 6.22. The number of hydrogen-bond donors (Lipinski definition) is 1. The Hall–Kier alpha value is -2.92. The van der Waals surface area contributed by atoms with Crippen molar-refractivity contribution < 1.29 is 14.6 Å². The maximum atomic E-state index is 12.2. The van der Waals surface area contributed by atoms with Gasteiger partial charge in [0.05, 0.1) is 5.56 Å². The summed E-state index contributed by atoms with van der Waals surface area (Å²) in [5, 5.41) is 10.1. The highest BCUT2D eigenvalue weighted by Gasteiger charge is 2.15. The van der Waals surface area contributed by atoms with E-state index < -0.39 is 5.97 Å². The van der Waals surface area contributed by atoms with E-state index in [0.717, 1.165) is 15.6 Å². The number of carbonyl (C=O) groups is 1. The molecule has 0 aromatic heterocycles. The zero-order chi connectivity index (χ0) is 21.0. The predicted octanol–water partition coefficient (Wildman–Crippen LogP) is 6.42. The van der Waals surface area contributed by atoms with Gasteiger partial charge in [-0.05, 0) is 71.1 Å². The van der Waals surface area contributed by atoms with E-state index in [1.807, 2.05) is 18.2 Å². The summed E-state index contributed by atoms with van der Waals surface area (Å²) in [6, 6.07) is 19.5. The number of nitrogens with zero attached hydrogens (tertiary/aromatic N) is 1. The Balaban J connectivity index is 1.72. The summed E-state index contributed by atoms with van der Waals surface area (Å²) in [7, 11) is 0. The maximum absolute atomic E-state index is 12.2. The van der Waals surface area contributed by atoms with E-state index in [4.69, 9.17) is 4.74 Å². The fourth-order valence-corrected chi connectivity index (χ4v) is 3.04. The summed E-state index contributed by atoms with van der Waals surface area (Å²) in [5.74, 6) is 0.162. The monoisotopic (exact) mass is 451 g/mol. The molecule has 0 atom stereocenters. The van der Waals surface area contributed by atoms with Gasteiger partial charge in [-0.3, -0.25) is 4.99 Å². The summed E-state index contributed by atoms with van der Waals surface area (Å²) in [5.41, 5.74) is 2.88. The van der Waals surface area contributed by atoms with Crippen LogP contribution in [0.15, 0.2) is 76.2 Å². The van der Waals surface area contributed by atoms with E-state index in [1.165, 1.54) is 0 Å². The van der Waals surface area contributed by atoms with Gasteiger partial charge in [-0.15, -0.1) is 0 Å². The normalized spacial score (nSPS) is 11.6. The van der Waals surface area contributed by atoms with Crippen LogP contribution in [0.2, 0.25) is 0 Å². The largest absolute Gasteiger partial charge is 0.506 e. The molecule has 4 nitrogen and oxygen atoms in total. The van der Waals surface area contributed by atoms with E-state index in [0.29, 0.717) is 17.0 Å². The van der Waals surface area contributed by atoms with Gasteiger partial charge in [0.2, 0.25) is 0 Å². The summed E-state index contributed by atoms with van der Waals surface area (Å²) in [6.45, 7) is 6.34. The van der Waals surface area contributed by atoms with Gasteiger partial charge in [-0.25, -0.2) is 4.79 Å². The molecule has 3 aromatic rings. The molecule has 0 saturated carbocycles. The number of phenols is 1. The van der Waals surface area contributed by atoms with Crippen LogP contribution in [0.25, 0.3) is 0 Å². The van der Waals surface area contributed by atoms with Crippen LogP contribution in [-0.4, -0.2) is 17.3 Å². The molecule has 3 aromatic carbocycles. The molecule has 0 fully saturated rings. The van der Waals surface area contributed by atoms with Crippen LogP contribution in [0.1, 0.15) is 42.3 Å². The Labute approximate surface area is 179 Å². The molecule has 0 radical (unpaired) electrons. The predicted molar refractivity (Wildman–Crippen MR) is 120 cm³/mol. The number of aliphatic imine (C=N–C) groups is 1. The molecule has 0 bridgehead atoms. The molecule has 0 aliphatic rings. The second-order valence-electron chi connectivity index (χ2n) is 7.68. The number of benzene rings is 3. The molecule has 0 aliphatic heterocycles. The van der Waals surface area contributed by atoms with Crippen molar-refractivity contribution in [3.63, 3.8) is 0 Å². The van der Waals surface area contributed by atoms with E-state index in [1.54, 1.807) is 54.7 Å². The van der Waals surface area contributed by atoms with Crippen molar-refractivity contribution in [1.82, 2.24) is 0 Å². The lowest BCUT2D eigenvalue weighted by Crippen LogP contribution is -2.10. The number of phenolic OH excluding ortho intramolecular Hbond substituents is 1. The average Bonchev–Trinajstić information content (AvgIpc) is 2.67. The Morgan fingerprint density at radius 2 is 1.76 bits per heavy atom. The van der Waals surface area contributed by atoms with Crippen LogP contribution in [-0.2, 0) is 5.41 Å². The summed E-state index contributed by atoms with van der Waals surface area (Å²) in [4.78, 5) is 16.6. The van der Waals surface area contributed by atoms with Crippen molar-refractivity contribution in [2.45, 2.75) is 26.2 Å².